The van der Waals surface area contributed by atoms with Crippen LogP contribution in [0, 0.1) is 0 Å². The van der Waals surface area contributed by atoms with Gasteiger partial charge in [-0.1, -0.05) is 0 Å². The van der Waals surface area contributed by atoms with E-state index in [0.29, 0.717) is 0 Å². The van der Waals surface area contributed by atoms with E-state index in [1.807, 2.05) is 0 Å². The quantitative estimate of drug-likeness (QED) is 0.284. The summed E-state index contributed by atoms with van der Waals surface area (Å²) < 4.78 is 25.3. The van der Waals surface area contributed by atoms with Crippen LogP contribution in [0.2, 0.25) is 0 Å². The predicted molar refractivity (Wildman–Crippen MR) is 27.8 cm³/mol. The summed E-state index contributed by atoms with van der Waals surface area (Å²) in [5.41, 5.74) is 0. The van der Waals surface area contributed by atoms with E-state index >= 15 is 0 Å². The first-order valence-electron chi connectivity index (χ1n) is 0.500. The van der Waals surface area contributed by atoms with Crippen LogP contribution in [-0.2, 0) is 11.4 Å². The molecule has 0 radical (unpaired) electrons. The van der Waals surface area contributed by atoms with Crippen molar-refractivity contribution in [1.29, 1.82) is 0 Å². The maximum absolute atomic E-state index is 8.44. The minimum Gasteiger partial charge on any atom is -0.784 e. The normalized spacial score (nSPS) is 3.18. The minimum absolute atomic E-state index is 0. The SMILES string of the molecule is O.O.O.O.O.O=S([O-])[O-].[Na+].[Na+]. The molecule has 0 bridgehead atoms. The summed E-state index contributed by atoms with van der Waals surface area (Å²) in [5, 5.41) is 0. The van der Waals surface area contributed by atoms with Crippen molar-refractivity contribution in [3.05, 3.63) is 0 Å². The van der Waals surface area contributed by atoms with Gasteiger partial charge in [-0.05, 0) is 0 Å². The molecule has 0 fully saturated rings. The fraction of sp³-hybridized carbons (Fsp3) is 0. The van der Waals surface area contributed by atoms with Crippen molar-refractivity contribution in [1.82, 2.24) is 0 Å². The molecule has 66 valence electrons. The van der Waals surface area contributed by atoms with Crippen LogP contribution in [0.1, 0.15) is 0 Å². The van der Waals surface area contributed by atoms with E-state index in [1.54, 1.807) is 0 Å². The summed E-state index contributed by atoms with van der Waals surface area (Å²) in [6.45, 7) is 0. The van der Waals surface area contributed by atoms with E-state index in [4.69, 9.17) is 13.3 Å². The van der Waals surface area contributed by atoms with Crippen molar-refractivity contribution in [2.75, 3.05) is 0 Å². The standard InChI is InChI=1S/2Na.H2O3S.5H2O/c;;1-4(2)3;;;;;/h;;(H2,1,2,3);5*1H2/q2*+1;;;;;;/p-2. The summed E-state index contributed by atoms with van der Waals surface area (Å²) in [6, 6.07) is 0. The van der Waals surface area contributed by atoms with Gasteiger partial charge in [-0.2, -0.15) is 0 Å². The van der Waals surface area contributed by atoms with E-state index in [0.717, 1.165) is 0 Å². The molecule has 0 aliphatic carbocycles. The molecule has 0 aromatic heterocycles. The van der Waals surface area contributed by atoms with Gasteiger partial charge in [-0.15, -0.1) is 11.4 Å². The first kappa shape index (κ1) is 76.5. The molecule has 0 aliphatic heterocycles. The van der Waals surface area contributed by atoms with Crippen molar-refractivity contribution in [2.24, 2.45) is 0 Å². The van der Waals surface area contributed by atoms with Crippen molar-refractivity contribution in [3.8, 4) is 0 Å². The molecule has 0 spiro atoms. The van der Waals surface area contributed by atoms with Crippen LogP contribution in [-0.4, -0.2) is 40.7 Å². The van der Waals surface area contributed by atoms with Gasteiger partial charge in [0.15, 0.2) is 0 Å². The van der Waals surface area contributed by atoms with Gasteiger partial charge in [0.05, 0.1) is 0 Å². The Balaban J connectivity index is -0.00000000214. The summed E-state index contributed by atoms with van der Waals surface area (Å²) >= 11 is -3.11. The van der Waals surface area contributed by atoms with Gasteiger partial charge in [0.1, 0.15) is 0 Å². The monoisotopic (exact) mass is 216 g/mol. The van der Waals surface area contributed by atoms with E-state index in [-0.39, 0.29) is 86.5 Å². The molecule has 0 heterocycles. The average molecular weight is 216 g/mol. The summed E-state index contributed by atoms with van der Waals surface area (Å²) in [5.74, 6) is 0. The molecule has 0 saturated heterocycles. The molecular weight excluding hydrogens is 206 g/mol. The van der Waals surface area contributed by atoms with Crippen LogP contribution < -0.4 is 59.1 Å². The molecule has 0 unspecified atom stereocenters. The maximum Gasteiger partial charge on any atom is 1.00 e. The Morgan fingerprint density at radius 3 is 0.727 bits per heavy atom. The molecule has 8 nitrogen and oxygen atoms in total. The maximum atomic E-state index is 8.44. The van der Waals surface area contributed by atoms with E-state index in [2.05, 4.69) is 0 Å². The number of hydrogen-bond acceptors (Lipinski definition) is 3. The molecule has 0 aromatic carbocycles. The third-order valence-corrected chi connectivity index (χ3v) is 0. The van der Waals surface area contributed by atoms with Gasteiger partial charge in [0.2, 0.25) is 0 Å². The average Bonchev–Trinajstić information content (AvgIpc) is 0.811. The van der Waals surface area contributed by atoms with Gasteiger partial charge in [0.25, 0.3) is 0 Å². The zero-order valence-electron chi connectivity index (χ0n) is 6.13. The predicted octanol–water partition coefficient (Wildman–Crippen LogP) is -11.1. The molecule has 10 N–H and O–H groups in total. The topological polar surface area (TPSA) is 221 Å². The molecule has 0 amide bonds. The first-order chi connectivity index (χ1) is 1.73. The van der Waals surface area contributed by atoms with Gasteiger partial charge in [-0.25, -0.2) is 0 Å². The summed E-state index contributed by atoms with van der Waals surface area (Å²) in [7, 11) is 0. The van der Waals surface area contributed by atoms with Gasteiger partial charge >= 0.3 is 59.1 Å². The molecule has 0 atom stereocenters. The van der Waals surface area contributed by atoms with Crippen LogP contribution in [0.25, 0.3) is 0 Å². The first-order valence-corrected chi connectivity index (χ1v) is 1.50. The largest absolute Gasteiger partial charge is 1.00 e. The fourth-order valence-electron chi connectivity index (χ4n) is 0. The van der Waals surface area contributed by atoms with Crippen molar-refractivity contribution < 1.29 is 99.8 Å². The Morgan fingerprint density at radius 1 is 0.727 bits per heavy atom. The fourth-order valence-corrected chi connectivity index (χ4v) is 0. The van der Waals surface area contributed by atoms with E-state index < -0.39 is 11.4 Å². The molecular formula is H10Na2O8S. The third-order valence-electron chi connectivity index (χ3n) is 0. The zero-order chi connectivity index (χ0) is 3.58. The Morgan fingerprint density at radius 2 is 0.727 bits per heavy atom. The molecule has 11 heavy (non-hydrogen) atoms. The second-order valence-corrected chi connectivity index (χ2v) is 0.612. The Labute approximate surface area is 110 Å². The van der Waals surface area contributed by atoms with Crippen LogP contribution >= 0.6 is 0 Å². The van der Waals surface area contributed by atoms with Gasteiger partial charge in [-0.3, -0.25) is 4.21 Å². The molecule has 0 aromatic rings. The number of hydrogen-bond donors (Lipinski definition) is 0. The second-order valence-electron chi connectivity index (χ2n) is 0.204. The molecule has 0 aliphatic rings. The summed E-state index contributed by atoms with van der Waals surface area (Å²) in [6.07, 6.45) is 0. The van der Waals surface area contributed by atoms with Crippen LogP contribution in [0.4, 0.5) is 0 Å². The Hall–Kier alpha value is 1.87. The van der Waals surface area contributed by atoms with Crippen molar-refractivity contribution in [2.45, 2.75) is 0 Å². The van der Waals surface area contributed by atoms with Crippen LogP contribution in [0.3, 0.4) is 0 Å². The smallest absolute Gasteiger partial charge is 0.784 e. The zero-order valence-corrected chi connectivity index (χ0v) is 10.9. The van der Waals surface area contributed by atoms with E-state index in [1.165, 1.54) is 0 Å². The number of rotatable bonds is 0. The van der Waals surface area contributed by atoms with Crippen LogP contribution in [0.5, 0.6) is 0 Å². The summed E-state index contributed by atoms with van der Waals surface area (Å²) in [4.78, 5) is 0. The third kappa shape index (κ3) is 331. The minimum atomic E-state index is -3.11. The van der Waals surface area contributed by atoms with Gasteiger partial charge in [0, 0.05) is 0 Å². The molecule has 0 rings (SSSR count). The molecule has 0 saturated carbocycles. The van der Waals surface area contributed by atoms with E-state index in [9.17, 15) is 0 Å². The van der Waals surface area contributed by atoms with Crippen molar-refractivity contribution in [3.63, 3.8) is 0 Å². The Bertz CT molecular complexity index is 35.1. The van der Waals surface area contributed by atoms with Crippen molar-refractivity contribution >= 4 is 11.4 Å². The van der Waals surface area contributed by atoms with Gasteiger partial charge < -0.3 is 36.5 Å². The second kappa shape index (κ2) is 59.1. The van der Waals surface area contributed by atoms with Crippen LogP contribution in [0.15, 0.2) is 0 Å². The Kier molecular flexibility index (Phi) is 411. The molecule has 11 heteroatoms.